The molecular weight excluding hydrogens is 311 g/mol. The van der Waals surface area contributed by atoms with Gasteiger partial charge in [-0.05, 0) is 30.7 Å². The van der Waals surface area contributed by atoms with E-state index >= 15 is 0 Å². The SMILES string of the molecule is Cc1ccc(Nc2cnccc2C(=O)N2CC(O)(CN)C2)c(F)c1. The summed E-state index contributed by atoms with van der Waals surface area (Å²) in [5, 5.41) is 12.9. The van der Waals surface area contributed by atoms with Gasteiger partial charge in [-0.15, -0.1) is 0 Å². The molecule has 0 unspecified atom stereocenters. The highest BCUT2D eigenvalue weighted by atomic mass is 19.1. The van der Waals surface area contributed by atoms with Gasteiger partial charge in [0.15, 0.2) is 0 Å². The van der Waals surface area contributed by atoms with Crippen LogP contribution in [0.4, 0.5) is 15.8 Å². The van der Waals surface area contributed by atoms with Crippen LogP contribution in [0.5, 0.6) is 0 Å². The molecule has 2 aromatic rings. The number of hydrogen-bond acceptors (Lipinski definition) is 5. The lowest BCUT2D eigenvalue weighted by molar-refractivity contribution is -0.0734. The van der Waals surface area contributed by atoms with Crippen LogP contribution in [0.25, 0.3) is 0 Å². The minimum atomic E-state index is -1.01. The fourth-order valence-corrected chi connectivity index (χ4v) is 2.65. The number of hydrogen-bond donors (Lipinski definition) is 3. The van der Waals surface area contributed by atoms with Gasteiger partial charge < -0.3 is 21.1 Å². The third-order valence-corrected chi connectivity index (χ3v) is 4.08. The Bertz CT molecular complexity index is 775. The van der Waals surface area contributed by atoms with Crippen LogP contribution in [0.2, 0.25) is 0 Å². The topological polar surface area (TPSA) is 91.5 Å². The first-order valence-corrected chi connectivity index (χ1v) is 7.61. The zero-order chi connectivity index (χ0) is 17.3. The van der Waals surface area contributed by atoms with Crippen molar-refractivity contribution in [3.8, 4) is 0 Å². The number of carbonyl (C=O) groups excluding carboxylic acids is 1. The number of benzene rings is 1. The van der Waals surface area contributed by atoms with Crippen LogP contribution in [-0.4, -0.2) is 46.1 Å². The maximum atomic E-state index is 14.0. The molecule has 3 rings (SSSR count). The summed E-state index contributed by atoms with van der Waals surface area (Å²) in [6, 6.07) is 6.37. The number of nitrogens with one attached hydrogen (secondary N) is 1. The zero-order valence-corrected chi connectivity index (χ0v) is 13.3. The van der Waals surface area contributed by atoms with Crippen LogP contribution < -0.4 is 11.1 Å². The number of aliphatic hydroxyl groups is 1. The van der Waals surface area contributed by atoms with Gasteiger partial charge in [0.1, 0.15) is 11.4 Å². The molecule has 7 heteroatoms. The van der Waals surface area contributed by atoms with Crippen molar-refractivity contribution in [2.45, 2.75) is 12.5 Å². The van der Waals surface area contributed by atoms with E-state index in [0.717, 1.165) is 5.56 Å². The maximum absolute atomic E-state index is 14.0. The molecule has 1 fully saturated rings. The summed E-state index contributed by atoms with van der Waals surface area (Å²) in [4.78, 5) is 18.1. The van der Waals surface area contributed by atoms with Crippen molar-refractivity contribution in [1.29, 1.82) is 0 Å². The zero-order valence-electron chi connectivity index (χ0n) is 13.3. The number of amides is 1. The van der Waals surface area contributed by atoms with E-state index in [-0.39, 0.29) is 31.2 Å². The maximum Gasteiger partial charge on any atom is 0.256 e. The van der Waals surface area contributed by atoms with E-state index in [0.29, 0.717) is 11.3 Å². The molecule has 1 aromatic carbocycles. The van der Waals surface area contributed by atoms with Crippen LogP contribution in [-0.2, 0) is 0 Å². The lowest BCUT2D eigenvalue weighted by Crippen LogP contribution is -2.66. The number of halogens is 1. The third kappa shape index (κ3) is 3.08. The largest absolute Gasteiger partial charge is 0.385 e. The molecule has 1 amide bonds. The molecule has 0 bridgehead atoms. The highest BCUT2D eigenvalue weighted by Crippen LogP contribution is 2.27. The predicted octanol–water partition coefficient (Wildman–Crippen LogP) is 1.42. The Kier molecular flexibility index (Phi) is 4.21. The van der Waals surface area contributed by atoms with Crippen LogP contribution in [0.1, 0.15) is 15.9 Å². The molecule has 0 spiro atoms. The Balaban J connectivity index is 1.82. The van der Waals surface area contributed by atoms with Crippen LogP contribution >= 0.6 is 0 Å². The number of nitrogens with two attached hydrogens (primary N) is 1. The molecule has 1 aliphatic rings. The van der Waals surface area contributed by atoms with Crippen molar-refractivity contribution in [3.63, 3.8) is 0 Å². The minimum Gasteiger partial charge on any atom is -0.385 e. The summed E-state index contributed by atoms with van der Waals surface area (Å²) < 4.78 is 14.0. The fraction of sp³-hybridized carbons (Fsp3) is 0.294. The molecule has 1 aromatic heterocycles. The van der Waals surface area contributed by atoms with Gasteiger partial charge in [-0.1, -0.05) is 6.07 Å². The Hall–Kier alpha value is -2.51. The first-order valence-electron chi connectivity index (χ1n) is 7.61. The molecule has 2 heterocycles. The van der Waals surface area contributed by atoms with Crippen molar-refractivity contribution < 1.29 is 14.3 Å². The van der Waals surface area contributed by atoms with Gasteiger partial charge in [-0.3, -0.25) is 9.78 Å². The quantitative estimate of drug-likeness (QED) is 0.788. The van der Waals surface area contributed by atoms with Crippen molar-refractivity contribution in [3.05, 3.63) is 53.6 Å². The molecule has 1 aliphatic heterocycles. The number of likely N-dealkylation sites (tertiary alicyclic amines) is 1. The lowest BCUT2D eigenvalue weighted by atomic mass is 9.93. The Morgan fingerprint density at radius 3 is 2.83 bits per heavy atom. The second-order valence-corrected chi connectivity index (χ2v) is 6.12. The van der Waals surface area contributed by atoms with Crippen LogP contribution in [0.15, 0.2) is 36.7 Å². The molecule has 1 saturated heterocycles. The summed E-state index contributed by atoms with van der Waals surface area (Å²) in [5.74, 6) is -0.663. The lowest BCUT2D eigenvalue weighted by Gasteiger charge is -2.45. The predicted molar refractivity (Wildman–Crippen MR) is 88.6 cm³/mol. The monoisotopic (exact) mass is 330 g/mol. The molecule has 4 N–H and O–H groups in total. The van der Waals surface area contributed by atoms with Gasteiger partial charge in [0, 0.05) is 12.7 Å². The second kappa shape index (κ2) is 6.18. The van der Waals surface area contributed by atoms with Crippen molar-refractivity contribution in [2.24, 2.45) is 5.73 Å². The number of β-amino-alcohol motifs (C(OH)–C–C–N with tert-alkyl or cyclic N) is 1. The smallest absolute Gasteiger partial charge is 0.256 e. The van der Waals surface area contributed by atoms with Gasteiger partial charge >= 0.3 is 0 Å². The molecule has 24 heavy (non-hydrogen) atoms. The van der Waals surface area contributed by atoms with Crippen molar-refractivity contribution in [2.75, 3.05) is 25.0 Å². The number of aryl methyl sites for hydroxylation is 1. The summed E-state index contributed by atoms with van der Waals surface area (Å²) in [5.41, 5.74) is 6.31. The summed E-state index contributed by atoms with van der Waals surface area (Å²) >= 11 is 0. The highest BCUT2D eigenvalue weighted by Gasteiger charge is 2.43. The van der Waals surface area contributed by atoms with E-state index in [1.165, 1.54) is 23.4 Å². The average molecular weight is 330 g/mol. The van der Waals surface area contributed by atoms with E-state index in [1.807, 2.05) is 0 Å². The number of carbonyl (C=O) groups is 1. The average Bonchev–Trinajstić information content (AvgIpc) is 2.54. The molecule has 6 nitrogen and oxygen atoms in total. The van der Waals surface area contributed by atoms with Crippen molar-refractivity contribution >= 4 is 17.3 Å². The number of rotatable bonds is 4. The van der Waals surface area contributed by atoms with E-state index in [4.69, 9.17) is 5.73 Å². The van der Waals surface area contributed by atoms with Crippen LogP contribution in [0.3, 0.4) is 0 Å². The van der Waals surface area contributed by atoms with Gasteiger partial charge in [-0.25, -0.2) is 4.39 Å². The summed E-state index contributed by atoms with van der Waals surface area (Å²) in [7, 11) is 0. The van der Waals surface area contributed by atoms with Gasteiger partial charge in [-0.2, -0.15) is 0 Å². The molecule has 0 saturated carbocycles. The first kappa shape index (κ1) is 16.4. The Labute approximate surface area is 139 Å². The summed E-state index contributed by atoms with van der Waals surface area (Å²) in [6.45, 7) is 2.27. The van der Waals surface area contributed by atoms with E-state index < -0.39 is 11.4 Å². The molecular formula is C17H19FN4O2. The first-order chi connectivity index (χ1) is 11.4. The number of pyridine rings is 1. The van der Waals surface area contributed by atoms with Gasteiger partial charge in [0.05, 0.1) is 36.2 Å². The highest BCUT2D eigenvalue weighted by molar-refractivity contribution is 6.00. The minimum absolute atomic E-state index is 0.104. The van der Waals surface area contributed by atoms with Crippen LogP contribution in [0, 0.1) is 12.7 Å². The number of nitrogens with zero attached hydrogens (tertiary/aromatic N) is 2. The van der Waals surface area contributed by atoms with E-state index in [1.54, 1.807) is 25.1 Å². The standard InChI is InChI=1S/C17H19FN4O2/c1-11-2-3-14(13(18)6-11)21-15-7-20-5-4-12(15)16(23)22-9-17(24,8-19)10-22/h2-7,21,24H,8-10,19H2,1H3. The Morgan fingerprint density at radius 1 is 1.42 bits per heavy atom. The van der Waals surface area contributed by atoms with E-state index in [2.05, 4.69) is 10.3 Å². The van der Waals surface area contributed by atoms with Gasteiger partial charge in [0.25, 0.3) is 5.91 Å². The summed E-state index contributed by atoms with van der Waals surface area (Å²) in [6.07, 6.45) is 2.97. The molecule has 0 atom stereocenters. The fourth-order valence-electron chi connectivity index (χ4n) is 2.65. The number of anilines is 2. The number of aromatic nitrogens is 1. The second-order valence-electron chi connectivity index (χ2n) is 6.12. The normalized spacial score (nSPS) is 15.8. The molecule has 0 aliphatic carbocycles. The third-order valence-electron chi connectivity index (χ3n) is 4.08. The Morgan fingerprint density at radius 2 is 2.17 bits per heavy atom. The van der Waals surface area contributed by atoms with Crippen molar-refractivity contribution in [1.82, 2.24) is 9.88 Å². The molecule has 126 valence electrons. The molecule has 0 radical (unpaired) electrons. The van der Waals surface area contributed by atoms with E-state index in [9.17, 15) is 14.3 Å². The van der Waals surface area contributed by atoms with Gasteiger partial charge in [0.2, 0.25) is 0 Å².